The van der Waals surface area contributed by atoms with E-state index >= 15 is 0 Å². The van der Waals surface area contributed by atoms with E-state index in [4.69, 9.17) is 0 Å². The summed E-state index contributed by atoms with van der Waals surface area (Å²) in [6, 6.07) is 14.1. The van der Waals surface area contributed by atoms with Gasteiger partial charge in [0, 0.05) is 35.4 Å². The highest BCUT2D eigenvalue weighted by molar-refractivity contribution is 6.20. The number of hydrogen-bond acceptors (Lipinski definition) is 6. The minimum atomic E-state index is -0.595. The van der Waals surface area contributed by atoms with Gasteiger partial charge in [-0.2, -0.15) is 5.26 Å². The van der Waals surface area contributed by atoms with Crippen LogP contribution >= 0.6 is 0 Å². The van der Waals surface area contributed by atoms with Crippen LogP contribution in [0.5, 0.6) is 0 Å². The minimum Gasteiger partial charge on any atom is -0.351 e. The Hall–Kier alpha value is -4.32. The second kappa shape index (κ2) is 8.79. The van der Waals surface area contributed by atoms with Gasteiger partial charge >= 0.3 is 0 Å². The molecule has 2 amide bonds. The fourth-order valence-corrected chi connectivity index (χ4v) is 2.89. The molecule has 9 nitrogen and oxygen atoms in total. The van der Waals surface area contributed by atoms with Gasteiger partial charge in [-0.05, 0) is 12.5 Å². The summed E-state index contributed by atoms with van der Waals surface area (Å²) >= 11 is 0. The van der Waals surface area contributed by atoms with Gasteiger partial charge in [-0.3, -0.25) is 19.7 Å². The third-order valence-electron chi connectivity index (χ3n) is 4.32. The number of carbonyl (C=O) groups is 2. The van der Waals surface area contributed by atoms with E-state index in [9.17, 15) is 25.0 Å². The molecule has 0 bridgehead atoms. The number of nitrogens with zero attached hydrogens (tertiary/aromatic N) is 3. The Labute approximate surface area is 171 Å². The smallest absolute Gasteiger partial charge is 0.270 e. The number of amidine groups is 1. The zero-order valence-corrected chi connectivity index (χ0v) is 16.0. The van der Waals surface area contributed by atoms with E-state index in [0.717, 1.165) is 6.07 Å². The third kappa shape index (κ3) is 4.07. The van der Waals surface area contributed by atoms with Gasteiger partial charge < -0.3 is 10.6 Å². The molecule has 0 spiro atoms. The Morgan fingerprint density at radius 3 is 2.57 bits per heavy atom. The van der Waals surface area contributed by atoms with Crippen LogP contribution in [0.25, 0.3) is 5.70 Å². The summed E-state index contributed by atoms with van der Waals surface area (Å²) in [5, 5.41) is 25.7. The van der Waals surface area contributed by atoms with E-state index in [0.29, 0.717) is 24.1 Å². The summed E-state index contributed by atoms with van der Waals surface area (Å²) in [5.41, 5.74) is 0.961. The largest absolute Gasteiger partial charge is 0.351 e. The first-order valence-electron chi connectivity index (χ1n) is 9.13. The second-order valence-corrected chi connectivity index (χ2v) is 6.36. The molecule has 2 aromatic rings. The lowest BCUT2D eigenvalue weighted by Crippen LogP contribution is -2.30. The zero-order valence-electron chi connectivity index (χ0n) is 16.0. The first kappa shape index (κ1) is 20.4. The number of nitriles is 1. The van der Waals surface area contributed by atoms with Crippen molar-refractivity contribution in [2.24, 2.45) is 4.99 Å². The summed E-state index contributed by atoms with van der Waals surface area (Å²) in [6.07, 6.45) is 0.712. The van der Waals surface area contributed by atoms with Crippen molar-refractivity contribution in [2.45, 2.75) is 13.3 Å². The summed E-state index contributed by atoms with van der Waals surface area (Å²) in [6.45, 7) is 2.31. The lowest BCUT2D eigenvalue weighted by Gasteiger charge is -2.06. The summed E-state index contributed by atoms with van der Waals surface area (Å²) < 4.78 is 0. The quantitative estimate of drug-likeness (QED) is 0.342. The Morgan fingerprint density at radius 2 is 1.90 bits per heavy atom. The number of nitrogens with one attached hydrogen (secondary N) is 2. The highest BCUT2D eigenvalue weighted by atomic mass is 16.6. The summed E-state index contributed by atoms with van der Waals surface area (Å²) in [4.78, 5) is 39.7. The van der Waals surface area contributed by atoms with Crippen LogP contribution in [0.2, 0.25) is 0 Å². The van der Waals surface area contributed by atoms with Crippen LogP contribution in [-0.4, -0.2) is 29.1 Å². The predicted octanol–water partition coefficient (Wildman–Crippen LogP) is 2.55. The monoisotopic (exact) mass is 403 g/mol. The van der Waals surface area contributed by atoms with E-state index in [-0.39, 0.29) is 28.4 Å². The van der Waals surface area contributed by atoms with Crippen molar-refractivity contribution in [3.8, 4) is 6.07 Å². The van der Waals surface area contributed by atoms with Gasteiger partial charge in [0.1, 0.15) is 17.5 Å². The predicted molar refractivity (Wildman–Crippen MR) is 109 cm³/mol. The number of amides is 2. The van der Waals surface area contributed by atoms with Crippen molar-refractivity contribution in [3.05, 3.63) is 80.9 Å². The number of aliphatic imine (C=N–C) groups is 1. The molecule has 0 radical (unpaired) electrons. The van der Waals surface area contributed by atoms with E-state index < -0.39 is 16.7 Å². The molecule has 0 aromatic heterocycles. The molecule has 0 saturated heterocycles. The molecule has 0 saturated carbocycles. The molecule has 3 rings (SSSR count). The molecule has 0 unspecified atom stereocenters. The molecule has 1 aliphatic heterocycles. The highest BCUT2D eigenvalue weighted by Gasteiger charge is 2.27. The second-order valence-electron chi connectivity index (χ2n) is 6.36. The molecule has 0 aliphatic carbocycles. The van der Waals surface area contributed by atoms with E-state index in [1.165, 1.54) is 18.2 Å². The van der Waals surface area contributed by atoms with E-state index in [2.05, 4.69) is 15.6 Å². The number of nitro groups is 1. The van der Waals surface area contributed by atoms with Crippen molar-refractivity contribution in [2.75, 3.05) is 6.54 Å². The van der Waals surface area contributed by atoms with Crippen LogP contribution in [0.4, 0.5) is 5.69 Å². The molecule has 0 fully saturated rings. The number of benzene rings is 2. The third-order valence-corrected chi connectivity index (χ3v) is 4.32. The molecule has 9 heteroatoms. The molecule has 0 atom stereocenters. The number of fused-ring (bicyclic) bond motifs is 1. The van der Waals surface area contributed by atoms with Crippen LogP contribution in [0, 0.1) is 21.4 Å². The van der Waals surface area contributed by atoms with Crippen molar-refractivity contribution in [3.63, 3.8) is 0 Å². The van der Waals surface area contributed by atoms with Gasteiger partial charge in [-0.1, -0.05) is 37.3 Å². The Bertz CT molecular complexity index is 1140. The maximum absolute atomic E-state index is 12.6. The van der Waals surface area contributed by atoms with Gasteiger partial charge in [0.05, 0.1) is 10.6 Å². The first-order chi connectivity index (χ1) is 14.5. The average molecular weight is 403 g/mol. The number of nitro benzene ring substituents is 1. The molecule has 2 N–H and O–H groups in total. The fourth-order valence-electron chi connectivity index (χ4n) is 2.89. The SMILES string of the molecule is CCCNC(=O)/C(C#N)=C1\N=C(NC(=O)c2cccc([N+](=O)[O-])c2)c2ccccc21. The van der Waals surface area contributed by atoms with E-state index in [1.807, 2.05) is 13.0 Å². The zero-order chi connectivity index (χ0) is 21.7. The van der Waals surface area contributed by atoms with Gasteiger partial charge in [0.25, 0.3) is 17.5 Å². The van der Waals surface area contributed by atoms with Crippen LogP contribution in [-0.2, 0) is 4.79 Å². The van der Waals surface area contributed by atoms with Gasteiger partial charge in [0.2, 0.25) is 0 Å². The lowest BCUT2D eigenvalue weighted by molar-refractivity contribution is -0.384. The fraction of sp³-hybridized carbons (Fsp3) is 0.143. The topological polar surface area (TPSA) is 137 Å². The molecule has 2 aromatic carbocycles. The molecular weight excluding hydrogens is 386 g/mol. The highest BCUT2D eigenvalue weighted by Crippen LogP contribution is 2.30. The van der Waals surface area contributed by atoms with Crippen molar-refractivity contribution >= 4 is 29.0 Å². The average Bonchev–Trinajstić information content (AvgIpc) is 3.11. The Morgan fingerprint density at radius 1 is 1.17 bits per heavy atom. The van der Waals surface area contributed by atoms with Crippen molar-refractivity contribution in [1.29, 1.82) is 5.26 Å². The maximum atomic E-state index is 12.6. The van der Waals surface area contributed by atoms with Crippen LogP contribution in [0.3, 0.4) is 0 Å². The number of carbonyl (C=O) groups excluding carboxylic acids is 2. The lowest BCUT2D eigenvalue weighted by atomic mass is 10.0. The number of hydrogen-bond donors (Lipinski definition) is 2. The standard InChI is InChI=1S/C21H17N5O4/c1-2-10-23-21(28)17(12-22)18-15-8-3-4-9-16(15)19(24-18)25-20(27)13-6-5-7-14(11-13)26(29)30/h3-9,11H,2,10H2,1H3,(H,23,28)(H,24,25,27)/b18-17-. The van der Waals surface area contributed by atoms with Gasteiger partial charge in [0.15, 0.2) is 0 Å². The molecule has 150 valence electrons. The molecule has 1 aliphatic rings. The van der Waals surface area contributed by atoms with Crippen LogP contribution < -0.4 is 10.6 Å². The molecule has 30 heavy (non-hydrogen) atoms. The van der Waals surface area contributed by atoms with Crippen LogP contribution in [0.1, 0.15) is 34.8 Å². The summed E-state index contributed by atoms with van der Waals surface area (Å²) in [7, 11) is 0. The number of non-ortho nitro benzene ring substituents is 1. The van der Waals surface area contributed by atoms with Gasteiger partial charge in [-0.25, -0.2) is 4.99 Å². The van der Waals surface area contributed by atoms with Gasteiger partial charge in [-0.15, -0.1) is 0 Å². The minimum absolute atomic E-state index is 0.0861. The first-order valence-corrected chi connectivity index (χ1v) is 9.13. The molecular formula is C21H17N5O4. The van der Waals surface area contributed by atoms with Crippen LogP contribution in [0.15, 0.2) is 59.1 Å². The molecule has 1 heterocycles. The Kier molecular flexibility index (Phi) is 5.98. The normalized spacial score (nSPS) is 13.5. The summed E-state index contributed by atoms with van der Waals surface area (Å²) in [5.74, 6) is -0.977. The van der Waals surface area contributed by atoms with E-state index in [1.54, 1.807) is 24.3 Å². The maximum Gasteiger partial charge on any atom is 0.270 e. The Balaban J connectivity index is 1.98. The van der Waals surface area contributed by atoms with Crippen molar-refractivity contribution in [1.82, 2.24) is 10.6 Å². The van der Waals surface area contributed by atoms with Crippen molar-refractivity contribution < 1.29 is 14.5 Å². The number of rotatable bonds is 5.